The number of hydrogen-bond acceptors (Lipinski definition) is 5. The van der Waals surface area contributed by atoms with E-state index in [0.717, 1.165) is 6.07 Å². The monoisotopic (exact) mass is 302 g/mol. The fourth-order valence-corrected chi connectivity index (χ4v) is 2.81. The highest BCUT2D eigenvalue weighted by molar-refractivity contribution is 7.89. The Bertz CT molecular complexity index is 571. The van der Waals surface area contributed by atoms with E-state index in [-0.39, 0.29) is 29.3 Å². The van der Waals surface area contributed by atoms with Gasteiger partial charge in [0.2, 0.25) is 10.0 Å². The number of nitrogen functional groups attached to an aromatic ring is 1. The normalized spacial score (nSPS) is 11.4. The maximum absolute atomic E-state index is 12.0. The Hall–Kier alpha value is -1.64. The number of aliphatic hydroxyl groups excluding tert-OH is 1. The molecule has 0 aromatic heterocycles. The standard InChI is InChI=1S/C12H18N2O5S/c13-10-8-9(12(16)17)4-5-11(10)20(18,19)14-6-2-1-3-7-15/h4-5,8,14-15H,1-3,6-7,13H2,(H,16,17). The van der Waals surface area contributed by atoms with Crippen molar-refractivity contribution in [3.63, 3.8) is 0 Å². The van der Waals surface area contributed by atoms with Crippen molar-refractivity contribution in [1.29, 1.82) is 0 Å². The molecule has 0 heterocycles. The molecule has 0 atom stereocenters. The van der Waals surface area contributed by atoms with E-state index in [1.807, 2.05) is 0 Å². The Kier molecular flexibility index (Phi) is 5.93. The highest BCUT2D eigenvalue weighted by Gasteiger charge is 2.18. The summed E-state index contributed by atoms with van der Waals surface area (Å²) in [6.45, 7) is 0.318. The molecule has 0 aliphatic heterocycles. The summed E-state index contributed by atoms with van der Waals surface area (Å²) < 4.78 is 26.3. The number of sulfonamides is 1. The molecule has 0 spiro atoms. The van der Waals surface area contributed by atoms with Gasteiger partial charge in [-0.1, -0.05) is 0 Å². The first kappa shape index (κ1) is 16.4. The van der Waals surface area contributed by atoms with E-state index in [0.29, 0.717) is 19.3 Å². The number of rotatable bonds is 8. The maximum Gasteiger partial charge on any atom is 0.335 e. The van der Waals surface area contributed by atoms with Crippen molar-refractivity contribution in [3.05, 3.63) is 23.8 Å². The smallest absolute Gasteiger partial charge is 0.335 e. The van der Waals surface area contributed by atoms with Gasteiger partial charge in [0.25, 0.3) is 0 Å². The zero-order chi connectivity index (χ0) is 15.2. The van der Waals surface area contributed by atoms with Gasteiger partial charge in [0.05, 0.1) is 11.3 Å². The van der Waals surface area contributed by atoms with Crippen LogP contribution in [0.5, 0.6) is 0 Å². The number of nitrogens with two attached hydrogens (primary N) is 1. The number of aromatic carboxylic acids is 1. The van der Waals surface area contributed by atoms with E-state index in [2.05, 4.69) is 4.72 Å². The molecule has 0 bridgehead atoms. The molecular formula is C12H18N2O5S. The Morgan fingerprint density at radius 1 is 1.25 bits per heavy atom. The van der Waals surface area contributed by atoms with Gasteiger partial charge < -0.3 is 15.9 Å². The first-order valence-corrected chi connectivity index (χ1v) is 7.60. The number of carboxylic acid groups (broad SMARTS) is 1. The van der Waals surface area contributed by atoms with Gasteiger partial charge in [-0.3, -0.25) is 0 Å². The number of anilines is 1. The number of nitrogens with one attached hydrogen (secondary N) is 1. The molecule has 5 N–H and O–H groups in total. The zero-order valence-corrected chi connectivity index (χ0v) is 11.7. The molecular weight excluding hydrogens is 284 g/mol. The predicted octanol–water partition coefficient (Wildman–Crippen LogP) is 0.408. The molecule has 0 aliphatic rings. The van der Waals surface area contributed by atoms with E-state index < -0.39 is 16.0 Å². The fourth-order valence-electron chi connectivity index (χ4n) is 1.62. The summed E-state index contributed by atoms with van der Waals surface area (Å²) in [6.07, 6.45) is 1.94. The average molecular weight is 302 g/mol. The van der Waals surface area contributed by atoms with Gasteiger partial charge in [0.1, 0.15) is 4.90 Å². The van der Waals surface area contributed by atoms with Crippen LogP contribution in [-0.4, -0.2) is 37.8 Å². The third kappa shape index (κ3) is 4.48. The largest absolute Gasteiger partial charge is 0.478 e. The van der Waals surface area contributed by atoms with E-state index in [9.17, 15) is 13.2 Å². The first-order valence-electron chi connectivity index (χ1n) is 6.12. The van der Waals surface area contributed by atoms with E-state index in [4.69, 9.17) is 15.9 Å². The molecule has 1 rings (SSSR count). The average Bonchev–Trinajstić information content (AvgIpc) is 2.37. The Morgan fingerprint density at radius 2 is 1.95 bits per heavy atom. The van der Waals surface area contributed by atoms with Gasteiger partial charge in [-0.15, -0.1) is 0 Å². The van der Waals surface area contributed by atoms with Crippen LogP contribution in [0.15, 0.2) is 23.1 Å². The summed E-state index contributed by atoms with van der Waals surface area (Å²) in [5.74, 6) is -1.17. The number of aliphatic hydroxyl groups is 1. The quantitative estimate of drug-likeness (QED) is 0.406. The molecule has 0 aliphatic carbocycles. The van der Waals surface area contributed by atoms with Crippen LogP contribution in [0, 0.1) is 0 Å². The Morgan fingerprint density at radius 3 is 2.50 bits per heavy atom. The number of benzene rings is 1. The number of carboxylic acids is 1. The number of carbonyl (C=O) groups is 1. The minimum absolute atomic E-state index is 0.0654. The molecule has 1 aromatic carbocycles. The third-order valence-corrected chi connectivity index (χ3v) is 4.21. The lowest BCUT2D eigenvalue weighted by atomic mass is 10.2. The van der Waals surface area contributed by atoms with Crippen LogP contribution in [0.2, 0.25) is 0 Å². The first-order chi connectivity index (χ1) is 9.38. The molecule has 7 nitrogen and oxygen atoms in total. The van der Waals surface area contributed by atoms with E-state index in [1.54, 1.807) is 0 Å². The van der Waals surface area contributed by atoms with Gasteiger partial charge in [0, 0.05) is 13.2 Å². The van der Waals surface area contributed by atoms with Crippen molar-refractivity contribution >= 4 is 21.7 Å². The van der Waals surface area contributed by atoms with Crippen molar-refractivity contribution in [2.75, 3.05) is 18.9 Å². The van der Waals surface area contributed by atoms with Crippen LogP contribution in [0.1, 0.15) is 29.6 Å². The van der Waals surface area contributed by atoms with Gasteiger partial charge in [-0.25, -0.2) is 17.9 Å². The van der Waals surface area contributed by atoms with Crippen LogP contribution in [0.4, 0.5) is 5.69 Å². The second-order valence-corrected chi connectivity index (χ2v) is 5.98. The molecule has 1 aromatic rings. The lowest BCUT2D eigenvalue weighted by Gasteiger charge is -2.09. The van der Waals surface area contributed by atoms with Gasteiger partial charge >= 0.3 is 5.97 Å². The van der Waals surface area contributed by atoms with Crippen LogP contribution in [-0.2, 0) is 10.0 Å². The summed E-state index contributed by atoms with van der Waals surface area (Å²) >= 11 is 0. The molecule has 0 saturated carbocycles. The van der Waals surface area contributed by atoms with Crippen molar-refractivity contribution in [1.82, 2.24) is 4.72 Å². The third-order valence-electron chi connectivity index (χ3n) is 2.67. The predicted molar refractivity (Wildman–Crippen MR) is 73.9 cm³/mol. The second kappa shape index (κ2) is 7.22. The van der Waals surface area contributed by atoms with E-state index >= 15 is 0 Å². The topological polar surface area (TPSA) is 130 Å². The highest BCUT2D eigenvalue weighted by atomic mass is 32.2. The molecule has 0 radical (unpaired) electrons. The van der Waals surface area contributed by atoms with Gasteiger partial charge in [-0.2, -0.15) is 0 Å². The Balaban J connectivity index is 2.75. The summed E-state index contributed by atoms with van der Waals surface area (Å²) in [6, 6.07) is 3.48. The second-order valence-electron chi connectivity index (χ2n) is 4.24. The number of unbranched alkanes of at least 4 members (excludes halogenated alkanes) is 2. The minimum atomic E-state index is -3.75. The minimum Gasteiger partial charge on any atom is -0.478 e. The van der Waals surface area contributed by atoms with Crippen molar-refractivity contribution in [3.8, 4) is 0 Å². The highest BCUT2D eigenvalue weighted by Crippen LogP contribution is 2.19. The summed E-state index contributed by atoms with van der Waals surface area (Å²) in [7, 11) is -3.75. The molecule has 20 heavy (non-hydrogen) atoms. The molecule has 0 saturated heterocycles. The molecule has 112 valence electrons. The van der Waals surface area contributed by atoms with Crippen LogP contribution in [0.3, 0.4) is 0 Å². The Labute approximate surface area is 117 Å². The fraction of sp³-hybridized carbons (Fsp3) is 0.417. The number of hydrogen-bond donors (Lipinski definition) is 4. The van der Waals surface area contributed by atoms with Gasteiger partial charge in [0.15, 0.2) is 0 Å². The lowest BCUT2D eigenvalue weighted by molar-refractivity contribution is 0.0697. The van der Waals surface area contributed by atoms with E-state index in [1.165, 1.54) is 12.1 Å². The molecule has 0 amide bonds. The zero-order valence-electron chi connectivity index (χ0n) is 10.9. The van der Waals surface area contributed by atoms with Gasteiger partial charge in [-0.05, 0) is 37.5 Å². The van der Waals surface area contributed by atoms with Crippen molar-refractivity contribution in [2.24, 2.45) is 0 Å². The molecule has 0 unspecified atom stereocenters. The molecule has 0 fully saturated rings. The van der Waals surface area contributed by atoms with Crippen molar-refractivity contribution < 1.29 is 23.4 Å². The summed E-state index contributed by atoms with van der Waals surface area (Å²) in [5.41, 5.74) is 5.41. The van der Waals surface area contributed by atoms with Crippen LogP contribution < -0.4 is 10.5 Å². The summed E-state index contributed by atoms with van der Waals surface area (Å²) in [5, 5.41) is 17.4. The molecule has 8 heteroatoms. The maximum atomic E-state index is 12.0. The van der Waals surface area contributed by atoms with Crippen LogP contribution >= 0.6 is 0 Å². The van der Waals surface area contributed by atoms with Crippen molar-refractivity contribution in [2.45, 2.75) is 24.2 Å². The summed E-state index contributed by atoms with van der Waals surface area (Å²) in [4.78, 5) is 10.6. The SMILES string of the molecule is Nc1cc(C(=O)O)ccc1S(=O)(=O)NCCCCCO. The lowest BCUT2D eigenvalue weighted by Crippen LogP contribution is -2.25. The van der Waals surface area contributed by atoms with Crippen LogP contribution in [0.25, 0.3) is 0 Å².